The van der Waals surface area contributed by atoms with Crippen LogP contribution < -0.4 is 10.5 Å². The number of hydrazone groups is 1. The van der Waals surface area contributed by atoms with Gasteiger partial charge in [0, 0.05) is 22.6 Å². The van der Waals surface area contributed by atoms with Crippen molar-refractivity contribution in [1.29, 1.82) is 0 Å². The minimum absolute atomic E-state index is 0.0192. The Morgan fingerprint density at radius 1 is 1.29 bits per heavy atom. The first-order valence-corrected chi connectivity index (χ1v) is 8.78. The van der Waals surface area contributed by atoms with E-state index in [0.29, 0.717) is 16.3 Å². The van der Waals surface area contributed by atoms with E-state index in [9.17, 15) is 24.4 Å². The molecule has 0 fully saturated rings. The highest BCUT2D eigenvalue weighted by molar-refractivity contribution is 7.13. The van der Waals surface area contributed by atoms with Crippen molar-refractivity contribution in [2.75, 3.05) is 0 Å². The maximum Gasteiger partial charge on any atom is 0.262 e. The predicted molar refractivity (Wildman–Crippen MR) is 99.5 cm³/mol. The lowest BCUT2D eigenvalue weighted by Gasteiger charge is -2.05. The molecular formula is C18H12FN4O4S-. The summed E-state index contributed by atoms with van der Waals surface area (Å²) in [6.07, 6.45) is 1.18. The van der Waals surface area contributed by atoms with Gasteiger partial charge in [0.1, 0.15) is 10.8 Å². The summed E-state index contributed by atoms with van der Waals surface area (Å²) >= 11 is 1.33. The molecule has 1 amide bonds. The van der Waals surface area contributed by atoms with Crippen LogP contribution in [0.4, 0.5) is 10.1 Å². The summed E-state index contributed by atoms with van der Waals surface area (Å²) in [6, 6.07) is 9.38. The Hall–Kier alpha value is -3.66. The van der Waals surface area contributed by atoms with Crippen LogP contribution in [0, 0.1) is 15.9 Å². The third-order valence-corrected chi connectivity index (χ3v) is 4.51. The van der Waals surface area contributed by atoms with Crippen LogP contribution in [0.25, 0.3) is 10.6 Å². The fraction of sp³-hybridized carbons (Fsp3) is 0.0556. The molecular weight excluding hydrogens is 387 g/mol. The molecule has 142 valence electrons. The molecule has 0 unspecified atom stereocenters. The van der Waals surface area contributed by atoms with Crippen molar-refractivity contribution in [3.63, 3.8) is 0 Å². The molecule has 0 bridgehead atoms. The van der Waals surface area contributed by atoms with Crippen molar-refractivity contribution >= 4 is 29.1 Å². The second-order valence-electron chi connectivity index (χ2n) is 5.61. The lowest BCUT2D eigenvalue weighted by Crippen LogP contribution is -2.19. The second-order valence-corrected chi connectivity index (χ2v) is 6.46. The van der Waals surface area contributed by atoms with Crippen LogP contribution in [0.15, 0.2) is 52.9 Å². The van der Waals surface area contributed by atoms with Crippen LogP contribution in [0.5, 0.6) is 5.75 Å². The first-order chi connectivity index (χ1) is 13.4. The number of thiazole rings is 1. The van der Waals surface area contributed by atoms with Crippen LogP contribution in [0.1, 0.15) is 11.3 Å². The number of carbonyl (C=O) groups is 1. The highest BCUT2D eigenvalue weighted by Crippen LogP contribution is 2.24. The molecule has 0 radical (unpaired) electrons. The van der Waals surface area contributed by atoms with Crippen molar-refractivity contribution in [3.05, 3.63) is 75.0 Å². The van der Waals surface area contributed by atoms with Crippen molar-refractivity contribution in [2.45, 2.75) is 6.42 Å². The van der Waals surface area contributed by atoms with Gasteiger partial charge >= 0.3 is 0 Å². The Labute approximate surface area is 162 Å². The van der Waals surface area contributed by atoms with Crippen LogP contribution in [-0.2, 0) is 11.2 Å². The molecule has 0 atom stereocenters. The predicted octanol–water partition coefficient (Wildman–Crippen LogP) is 2.62. The van der Waals surface area contributed by atoms with Gasteiger partial charge in [0.05, 0.1) is 23.3 Å². The quantitative estimate of drug-likeness (QED) is 0.388. The molecule has 0 aliphatic rings. The number of amides is 1. The molecule has 28 heavy (non-hydrogen) atoms. The van der Waals surface area contributed by atoms with E-state index in [2.05, 4.69) is 15.5 Å². The summed E-state index contributed by atoms with van der Waals surface area (Å²) in [5.41, 5.74) is 3.32. The maximum absolute atomic E-state index is 13.0. The highest BCUT2D eigenvalue weighted by atomic mass is 32.1. The van der Waals surface area contributed by atoms with Crippen molar-refractivity contribution in [1.82, 2.24) is 10.4 Å². The van der Waals surface area contributed by atoms with E-state index in [1.807, 2.05) is 0 Å². The summed E-state index contributed by atoms with van der Waals surface area (Å²) < 4.78 is 13.0. The van der Waals surface area contributed by atoms with Crippen LogP contribution in [0.3, 0.4) is 0 Å². The first-order valence-electron chi connectivity index (χ1n) is 7.90. The number of hydrogen-bond acceptors (Lipinski definition) is 7. The van der Waals surface area contributed by atoms with Gasteiger partial charge in [0.25, 0.3) is 5.69 Å². The summed E-state index contributed by atoms with van der Waals surface area (Å²) in [5, 5.41) is 28.2. The molecule has 0 aliphatic carbocycles. The Morgan fingerprint density at radius 2 is 2.04 bits per heavy atom. The molecule has 0 spiro atoms. The minimum Gasteiger partial charge on any atom is -0.868 e. The van der Waals surface area contributed by atoms with E-state index in [0.717, 1.165) is 17.7 Å². The molecule has 8 nitrogen and oxygen atoms in total. The first kappa shape index (κ1) is 19.1. The largest absolute Gasteiger partial charge is 0.868 e. The molecule has 1 N–H and O–H groups in total. The molecule has 10 heteroatoms. The summed E-state index contributed by atoms with van der Waals surface area (Å²) in [5.74, 6) is -1.47. The molecule has 1 aromatic heterocycles. The molecule has 0 saturated carbocycles. The van der Waals surface area contributed by atoms with Gasteiger partial charge in [-0.05, 0) is 30.0 Å². The number of nitrogens with one attached hydrogen (secondary N) is 1. The normalized spacial score (nSPS) is 10.9. The Bertz CT molecular complexity index is 1050. The fourth-order valence-electron chi connectivity index (χ4n) is 2.25. The van der Waals surface area contributed by atoms with Crippen LogP contribution >= 0.6 is 11.3 Å². The summed E-state index contributed by atoms with van der Waals surface area (Å²) in [7, 11) is 0. The smallest absolute Gasteiger partial charge is 0.262 e. The lowest BCUT2D eigenvalue weighted by atomic mass is 10.2. The van der Waals surface area contributed by atoms with Gasteiger partial charge in [-0.1, -0.05) is 12.1 Å². The standard InChI is InChI=1S/C18H13FN4O4S/c19-13-4-2-12(3-5-13)18-21-14(10-28-18)8-17(25)22-20-9-11-1-6-16(24)15(7-11)23(26)27/h1-7,9-10,24H,8H2,(H,22,25)/p-1/b20-9-. The number of hydrogen-bond donors (Lipinski definition) is 1. The SMILES string of the molecule is O=C(Cc1csc(-c2ccc(F)cc2)n1)N/N=C\c1ccc([O-])c([N+](=O)[O-])c1. The van der Waals surface area contributed by atoms with E-state index in [4.69, 9.17) is 0 Å². The summed E-state index contributed by atoms with van der Waals surface area (Å²) in [4.78, 5) is 26.3. The molecule has 0 aliphatic heterocycles. The van der Waals surface area contributed by atoms with E-state index in [1.54, 1.807) is 17.5 Å². The second kappa shape index (κ2) is 8.35. The molecule has 3 rings (SSSR count). The number of nitro groups is 1. The van der Waals surface area contributed by atoms with E-state index in [-0.39, 0.29) is 12.2 Å². The van der Waals surface area contributed by atoms with Crippen molar-refractivity contribution in [2.24, 2.45) is 5.10 Å². The monoisotopic (exact) mass is 399 g/mol. The van der Waals surface area contributed by atoms with Crippen molar-refractivity contribution < 1.29 is 19.2 Å². The average Bonchev–Trinajstić information content (AvgIpc) is 3.11. The van der Waals surface area contributed by atoms with E-state index < -0.39 is 22.3 Å². The Kier molecular flexibility index (Phi) is 5.70. The van der Waals surface area contributed by atoms with E-state index >= 15 is 0 Å². The number of nitro benzene ring substituents is 1. The number of carbonyl (C=O) groups excluding carboxylic acids is 1. The third kappa shape index (κ3) is 4.74. The number of benzene rings is 2. The number of aromatic nitrogens is 1. The summed E-state index contributed by atoms with van der Waals surface area (Å²) in [6.45, 7) is 0. The topological polar surface area (TPSA) is 121 Å². The van der Waals surface area contributed by atoms with Gasteiger partial charge in [0.15, 0.2) is 0 Å². The van der Waals surface area contributed by atoms with Crippen molar-refractivity contribution in [3.8, 4) is 16.3 Å². The van der Waals surface area contributed by atoms with Gasteiger partial charge in [-0.3, -0.25) is 14.9 Å². The molecule has 1 heterocycles. The van der Waals surface area contributed by atoms with Gasteiger partial charge in [-0.25, -0.2) is 14.8 Å². The number of rotatable bonds is 6. The van der Waals surface area contributed by atoms with Crippen LogP contribution in [-0.4, -0.2) is 22.0 Å². The molecule has 0 saturated heterocycles. The minimum atomic E-state index is -0.779. The highest BCUT2D eigenvalue weighted by Gasteiger charge is 2.09. The van der Waals surface area contributed by atoms with Crippen LogP contribution in [0.2, 0.25) is 0 Å². The van der Waals surface area contributed by atoms with Gasteiger partial charge in [-0.2, -0.15) is 5.10 Å². The van der Waals surface area contributed by atoms with Gasteiger partial charge in [0.2, 0.25) is 5.91 Å². The fourth-order valence-corrected chi connectivity index (χ4v) is 3.08. The van der Waals surface area contributed by atoms with E-state index in [1.165, 1.54) is 35.8 Å². The average molecular weight is 399 g/mol. The number of halogens is 1. The Morgan fingerprint density at radius 3 is 2.75 bits per heavy atom. The Balaban J connectivity index is 1.59. The molecule has 2 aromatic carbocycles. The third-order valence-electron chi connectivity index (χ3n) is 3.57. The zero-order valence-electron chi connectivity index (χ0n) is 14.2. The zero-order valence-corrected chi connectivity index (χ0v) is 15.0. The number of nitrogens with zero attached hydrogens (tertiary/aromatic N) is 3. The van der Waals surface area contributed by atoms with Gasteiger partial charge < -0.3 is 5.11 Å². The zero-order chi connectivity index (χ0) is 20.1. The lowest BCUT2D eigenvalue weighted by molar-refractivity contribution is -0.398. The maximum atomic E-state index is 13.0. The molecule has 3 aromatic rings. The van der Waals surface area contributed by atoms with Gasteiger partial charge in [-0.15, -0.1) is 11.3 Å².